The van der Waals surface area contributed by atoms with Gasteiger partial charge in [-0.25, -0.2) is 13.4 Å². The zero-order valence-electron chi connectivity index (χ0n) is 19.3. The Morgan fingerprint density at radius 1 is 1.03 bits per heavy atom. The predicted molar refractivity (Wildman–Crippen MR) is 131 cm³/mol. The number of hydrogen-bond acceptors (Lipinski definition) is 7. The van der Waals surface area contributed by atoms with Crippen molar-refractivity contribution in [3.8, 4) is 11.3 Å². The molecular weight excluding hydrogens is 468 g/mol. The van der Waals surface area contributed by atoms with Gasteiger partial charge in [0.2, 0.25) is 10.0 Å². The van der Waals surface area contributed by atoms with Gasteiger partial charge in [0.1, 0.15) is 0 Å². The molecular formula is C25H24N4O5S. The van der Waals surface area contributed by atoms with Gasteiger partial charge in [-0.1, -0.05) is 41.6 Å². The zero-order valence-corrected chi connectivity index (χ0v) is 20.1. The fraction of sp³-hybridized carbons (Fsp3) is 0.240. The molecule has 0 saturated carbocycles. The van der Waals surface area contributed by atoms with Crippen LogP contribution in [0.4, 0.5) is 5.69 Å². The van der Waals surface area contributed by atoms with Gasteiger partial charge >= 0.3 is 0 Å². The standard InChI is InChI=1S/C25H24N4O5S/c1-16-8-9-19(14-22(16)35(31,32)29-10-12-33-13-11-29)26-24(30)20-15-21(18-6-4-3-5-7-18)27-25-23(20)17(2)28-34-25/h3-9,14-15H,10-13H2,1-2H3,(H,26,30). The number of carbonyl (C=O) groups is 1. The number of benzene rings is 2. The fourth-order valence-electron chi connectivity index (χ4n) is 4.11. The Hall–Kier alpha value is -3.60. The molecule has 3 heterocycles. The Bertz CT molecular complexity index is 1510. The van der Waals surface area contributed by atoms with Crippen LogP contribution in [0.5, 0.6) is 0 Å². The second-order valence-corrected chi connectivity index (χ2v) is 10.2. The van der Waals surface area contributed by atoms with E-state index >= 15 is 0 Å². The average Bonchev–Trinajstić information content (AvgIpc) is 3.26. The van der Waals surface area contributed by atoms with Crippen molar-refractivity contribution in [1.82, 2.24) is 14.4 Å². The molecule has 0 radical (unpaired) electrons. The van der Waals surface area contributed by atoms with Gasteiger partial charge in [0.05, 0.1) is 40.4 Å². The molecule has 1 fully saturated rings. The van der Waals surface area contributed by atoms with Gasteiger partial charge in [0.15, 0.2) is 0 Å². The van der Waals surface area contributed by atoms with Crippen LogP contribution in [-0.2, 0) is 14.8 Å². The first-order valence-corrected chi connectivity index (χ1v) is 12.6. The summed E-state index contributed by atoms with van der Waals surface area (Å²) < 4.78 is 38.5. The largest absolute Gasteiger partial charge is 0.379 e. The number of nitrogens with one attached hydrogen (secondary N) is 1. The SMILES string of the molecule is Cc1ccc(NC(=O)c2cc(-c3ccccc3)nc3onc(C)c23)cc1S(=O)(=O)N1CCOCC1. The van der Waals surface area contributed by atoms with Crippen molar-refractivity contribution < 1.29 is 22.5 Å². The van der Waals surface area contributed by atoms with Crippen LogP contribution in [0.15, 0.2) is 64.0 Å². The van der Waals surface area contributed by atoms with Crippen LogP contribution in [0.3, 0.4) is 0 Å². The molecule has 1 saturated heterocycles. The van der Waals surface area contributed by atoms with Crippen LogP contribution >= 0.6 is 0 Å². The lowest BCUT2D eigenvalue weighted by atomic mass is 10.0. The van der Waals surface area contributed by atoms with E-state index in [1.54, 1.807) is 32.0 Å². The summed E-state index contributed by atoms with van der Waals surface area (Å²) in [6.07, 6.45) is 0. The number of ether oxygens (including phenoxy) is 1. The molecule has 35 heavy (non-hydrogen) atoms. The van der Waals surface area contributed by atoms with E-state index in [4.69, 9.17) is 9.26 Å². The number of sulfonamides is 1. The summed E-state index contributed by atoms with van der Waals surface area (Å²) in [7, 11) is -3.72. The topological polar surface area (TPSA) is 115 Å². The number of rotatable bonds is 5. The molecule has 0 atom stereocenters. The van der Waals surface area contributed by atoms with Crippen LogP contribution in [0.1, 0.15) is 21.6 Å². The second kappa shape index (κ2) is 9.21. The summed E-state index contributed by atoms with van der Waals surface area (Å²) in [5.41, 5.74) is 3.50. The number of anilines is 1. The Labute approximate surface area is 202 Å². The zero-order chi connectivity index (χ0) is 24.6. The number of amides is 1. The van der Waals surface area contributed by atoms with E-state index in [9.17, 15) is 13.2 Å². The maximum Gasteiger partial charge on any atom is 0.259 e. The molecule has 10 heteroatoms. The highest BCUT2D eigenvalue weighted by molar-refractivity contribution is 7.89. The molecule has 2 aromatic carbocycles. The third-order valence-electron chi connectivity index (χ3n) is 5.97. The van der Waals surface area contributed by atoms with E-state index in [2.05, 4.69) is 15.5 Å². The molecule has 9 nitrogen and oxygen atoms in total. The van der Waals surface area contributed by atoms with E-state index in [1.807, 2.05) is 30.3 Å². The number of aryl methyl sites for hydroxylation is 2. The van der Waals surface area contributed by atoms with E-state index in [1.165, 1.54) is 10.4 Å². The lowest BCUT2D eigenvalue weighted by molar-refractivity contribution is 0.0730. The molecule has 0 unspecified atom stereocenters. The Morgan fingerprint density at radius 2 is 1.77 bits per heavy atom. The number of nitrogens with zero attached hydrogens (tertiary/aromatic N) is 3. The van der Waals surface area contributed by atoms with Crippen molar-refractivity contribution in [1.29, 1.82) is 0 Å². The summed E-state index contributed by atoms with van der Waals surface area (Å²) in [6.45, 7) is 4.78. The Kier molecular flexibility index (Phi) is 6.10. The van der Waals surface area contributed by atoms with Crippen molar-refractivity contribution in [3.63, 3.8) is 0 Å². The van der Waals surface area contributed by atoms with Crippen LogP contribution in [0.25, 0.3) is 22.4 Å². The Morgan fingerprint density at radius 3 is 2.51 bits per heavy atom. The molecule has 4 aromatic rings. The lowest BCUT2D eigenvalue weighted by Crippen LogP contribution is -2.40. The monoisotopic (exact) mass is 492 g/mol. The Balaban J connectivity index is 1.51. The number of hydrogen-bond donors (Lipinski definition) is 1. The van der Waals surface area contributed by atoms with Gasteiger partial charge in [-0.3, -0.25) is 4.79 Å². The lowest BCUT2D eigenvalue weighted by Gasteiger charge is -2.26. The molecule has 2 aromatic heterocycles. The molecule has 0 bridgehead atoms. The van der Waals surface area contributed by atoms with Gasteiger partial charge in [-0.05, 0) is 37.6 Å². The van der Waals surface area contributed by atoms with E-state index in [0.29, 0.717) is 59.9 Å². The summed E-state index contributed by atoms with van der Waals surface area (Å²) in [4.78, 5) is 18.1. The minimum Gasteiger partial charge on any atom is -0.379 e. The van der Waals surface area contributed by atoms with E-state index in [0.717, 1.165) is 5.56 Å². The molecule has 0 spiro atoms. The van der Waals surface area contributed by atoms with E-state index in [-0.39, 0.29) is 10.6 Å². The smallest absolute Gasteiger partial charge is 0.259 e. The minimum absolute atomic E-state index is 0.156. The highest BCUT2D eigenvalue weighted by Gasteiger charge is 2.28. The number of aromatic nitrogens is 2. The quantitative estimate of drug-likeness (QED) is 0.451. The molecule has 1 aliphatic rings. The van der Waals surface area contributed by atoms with Gasteiger partial charge in [0.25, 0.3) is 11.6 Å². The fourth-order valence-corrected chi connectivity index (χ4v) is 5.77. The molecule has 1 amide bonds. The van der Waals surface area contributed by atoms with Crippen molar-refractivity contribution in [2.24, 2.45) is 0 Å². The molecule has 5 rings (SSSR count). The number of fused-ring (bicyclic) bond motifs is 1. The second-order valence-electron chi connectivity index (χ2n) is 8.32. The predicted octanol–water partition coefficient (Wildman–Crippen LogP) is 3.78. The van der Waals surface area contributed by atoms with Crippen LogP contribution in [0, 0.1) is 13.8 Å². The number of carbonyl (C=O) groups excluding carboxylic acids is 1. The number of morpholine rings is 1. The van der Waals surface area contributed by atoms with Crippen molar-refractivity contribution in [2.45, 2.75) is 18.7 Å². The minimum atomic E-state index is -3.72. The van der Waals surface area contributed by atoms with Gasteiger partial charge in [0, 0.05) is 24.3 Å². The van der Waals surface area contributed by atoms with Crippen LogP contribution in [0.2, 0.25) is 0 Å². The highest BCUT2D eigenvalue weighted by Crippen LogP contribution is 2.29. The molecule has 1 N–H and O–H groups in total. The summed E-state index contributed by atoms with van der Waals surface area (Å²) in [6, 6.07) is 16.0. The maximum atomic E-state index is 13.4. The van der Waals surface area contributed by atoms with Crippen LogP contribution < -0.4 is 5.32 Å². The molecule has 0 aliphatic carbocycles. The summed E-state index contributed by atoms with van der Waals surface area (Å²) >= 11 is 0. The van der Waals surface area contributed by atoms with Crippen LogP contribution in [-0.4, -0.2) is 55.1 Å². The molecule has 180 valence electrons. The molecule has 1 aliphatic heterocycles. The van der Waals surface area contributed by atoms with Crippen molar-refractivity contribution >= 4 is 32.7 Å². The highest BCUT2D eigenvalue weighted by atomic mass is 32.2. The van der Waals surface area contributed by atoms with Gasteiger partial charge in [-0.2, -0.15) is 4.31 Å². The van der Waals surface area contributed by atoms with E-state index < -0.39 is 15.9 Å². The third kappa shape index (κ3) is 4.43. The number of pyridine rings is 1. The van der Waals surface area contributed by atoms with Crippen molar-refractivity contribution in [2.75, 3.05) is 31.6 Å². The first-order valence-electron chi connectivity index (χ1n) is 11.2. The summed E-state index contributed by atoms with van der Waals surface area (Å²) in [5.74, 6) is -0.417. The van der Waals surface area contributed by atoms with Crippen molar-refractivity contribution in [3.05, 3.63) is 71.4 Å². The maximum absolute atomic E-state index is 13.4. The first-order chi connectivity index (χ1) is 16.8. The van der Waals surface area contributed by atoms with Gasteiger partial charge < -0.3 is 14.6 Å². The average molecular weight is 493 g/mol. The summed E-state index contributed by atoms with van der Waals surface area (Å²) in [5, 5.41) is 7.33. The third-order valence-corrected chi connectivity index (χ3v) is 8.01. The normalized spacial score (nSPS) is 14.8. The first kappa shape index (κ1) is 23.2. The van der Waals surface area contributed by atoms with Gasteiger partial charge in [-0.15, -0.1) is 0 Å².